The number of non-ortho nitro benzene ring substituents is 1. The molecular formula is C13H16N2O5. The molecule has 0 saturated carbocycles. The lowest BCUT2D eigenvalue weighted by atomic mass is 10.0. The van der Waals surface area contributed by atoms with E-state index in [1.54, 1.807) is 0 Å². The number of likely N-dealkylation sites (tertiary alicyclic amines) is 1. The minimum Gasteiger partial charge on any atom is -0.468 e. The summed E-state index contributed by atoms with van der Waals surface area (Å²) in [5, 5.41) is 20.6. The van der Waals surface area contributed by atoms with E-state index in [0.29, 0.717) is 12.1 Å². The van der Waals surface area contributed by atoms with Gasteiger partial charge in [-0.15, -0.1) is 0 Å². The fourth-order valence-electron chi connectivity index (χ4n) is 2.21. The van der Waals surface area contributed by atoms with Crippen molar-refractivity contribution in [3.05, 3.63) is 39.9 Å². The summed E-state index contributed by atoms with van der Waals surface area (Å²) in [6, 6.07) is 5.46. The number of hydrogen-bond acceptors (Lipinski definition) is 6. The molecule has 7 heteroatoms. The second-order valence-electron chi connectivity index (χ2n) is 4.69. The largest absolute Gasteiger partial charge is 0.468 e. The van der Waals surface area contributed by atoms with Crippen LogP contribution in [0.15, 0.2) is 24.3 Å². The number of hydrogen-bond donors (Lipinski definition) is 1. The fraction of sp³-hybridized carbons (Fsp3) is 0.462. The third-order valence-corrected chi connectivity index (χ3v) is 3.50. The van der Waals surface area contributed by atoms with Crippen molar-refractivity contribution < 1.29 is 19.6 Å². The van der Waals surface area contributed by atoms with Crippen LogP contribution in [0.5, 0.6) is 0 Å². The molecule has 1 heterocycles. The van der Waals surface area contributed by atoms with Gasteiger partial charge < -0.3 is 9.84 Å². The topological polar surface area (TPSA) is 92.9 Å². The molecule has 1 aliphatic rings. The van der Waals surface area contributed by atoms with Crippen LogP contribution < -0.4 is 0 Å². The molecule has 108 valence electrons. The van der Waals surface area contributed by atoms with Crippen LogP contribution in [0.25, 0.3) is 0 Å². The lowest BCUT2D eigenvalue weighted by Crippen LogP contribution is -2.53. The average molecular weight is 280 g/mol. The number of nitro benzene ring substituents is 1. The molecule has 1 aromatic rings. The maximum Gasteiger partial charge on any atom is 0.323 e. The van der Waals surface area contributed by atoms with E-state index < -0.39 is 11.0 Å². The Morgan fingerprint density at radius 1 is 1.55 bits per heavy atom. The number of rotatable bonds is 5. The summed E-state index contributed by atoms with van der Waals surface area (Å²) in [7, 11) is 1.34. The molecule has 2 rings (SSSR count). The van der Waals surface area contributed by atoms with Gasteiger partial charge in [0.15, 0.2) is 0 Å². The molecule has 0 amide bonds. The van der Waals surface area contributed by atoms with Crippen molar-refractivity contribution >= 4 is 11.7 Å². The molecule has 0 unspecified atom stereocenters. The smallest absolute Gasteiger partial charge is 0.323 e. The molecule has 0 aromatic heterocycles. The Bertz CT molecular complexity index is 502. The molecule has 0 radical (unpaired) electrons. The molecule has 0 bridgehead atoms. The lowest BCUT2D eigenvalue weighted by molar-refractivity contribution is -0.384. The third kappa shape index (κ3) is 2.94. The van der Waals surface area contributed by atoms with E-state index in [4.69, 9.17) is 0 Å². The second-order valence-corrected chi connectivity index (χ2v) is 4.69. The summed E-state index contributed by atoms with van der Waals surface area (Å²) in [4.78, 5) is 23.3. The number of carbonyl (C=O) groups is 1. The van der Waals surface area contributed by atoms with Gasteiger partial charge in [0.05, 0.1) is 18.1 Å². The highest BCUT2D eigenvalue weighted by atomic mass is 16.6. The van der Waals surface area contributed by atoms with Gasteiger partial charge in [-0.3, -0.25) is 19.8 Å². The quantitative estimate of drug-likeness (QED) is 0.489. The van der Waals surface area contributed by atoms with E-state index in [1.165, 1.54) is 31.4 Å². The van der Waals surface area contributed by atoms with Gasteiger partial charge in [-0.1, -0.05) is 0 Å². The monoisotopic (exact) mass is 280 g/mol. The van der Waals surface area contributed by atoms with Crippen LogP contribution in [0.4, 0.5) is 5.69 Å². The molecule has 0 spiro atoms. The molecule has 1 N–H and O–H groups in total. The van der Waals surface area contributed by atoms with Crippen molar-refractivity contribution in [2.24, 2.45) is 0 Å². The van der Waals surface area contributed by atoms with Gasteiger partial charge in [0, 0.05) is 25.2 Å². The van der Waals surface area contributed by atoms with E-state index in [-0.39, 0.29) is 17.7 Å². The van der Waals surface area contributed by atoms with Crippen molar-refractivity contribution in [1.29, 1.82) is 0 Å². The minimum atomic E-state index is -0.789. The predicted octanol–water partition coefficient (Wildman–Crippen LogP) is 0.876. The zero-order valence-corrected chi connectivity index (χ0v) is 11.1. The van der Waals surface area contributed by atoms with E-state index in [9.17, 15) is 20.0 Å². The number of methoxy groups -OCH3 is 1. The van der Waals surface area contributed by atoms with E-state index in [1.807, 2.05) is 4.90 Å². The molecule has 0 aliphatic carbocycles. The third-order valence-electron chi connectivity index (χ3n) is 3.50. The van der Waals surface area contributed by atoms with Crippen molar-refractivity contribution in [2.45, 2.75) is 18.6 Å². The van der Waals surface area contributed by atoms with Gasteiger partial charge in [-0.05, 0) is 24.1 Å². The number of aliphatic hydroxyl groups is 1. The number of aliphatic hydroxyl groups excluding tert-OH is 1. The second kappa shape index (κ2) is 5.98. The van der Waals surface area contributed by atoms with Gasteiger partial charge in [0.25, 0.3) is 5.69 Å². The normalized spacial score (nSPS) is 20.0. The van der Waals surface area contributed by atoms with Gasteiger partial charge in [-0.2, -0.15) is 0 Å². The Balaban J connectivity index is 1.96. The highest BCUT2D eigenvalue weighted by Crippen LogP contribution is 2.24. The Kier molecular flexibility index (Phi) is 4.31. The van der Waals surface area contributed by atoms with Crippen LogP contribution in [-0.4, -0.2) is 47.1 Å². The summed E-state index contributed by atoms with van der Waals surface area (Å²) >= 11 is 0. The summed E-state index contributed by atoms with van der Waals surface area (Å²) in [5.41, 5.74) is 0.573. The van der Waals surface area contributed by atoms with E-state index in [0.717, 1.165) is 13.0 Å². The molecule has 1 saturated heterocycles. The molecular weight excluding hydrogens is 264 g/mol. The van der Waals surface area contributed by atoms with Crippen molar-refractivity contribution in [3.63, 3.8) is 0 Å². The lowest BCUT2D eigenvalue weighted by Gasteiger charge is -2.39. The first-order valence-electron chi connectivity index (χ1n) is 6.27. The molecule has 1 fully saturated rings. The number of nitrogens with zero attached hydrogens (tertiary/aromatic N) is 2. The van der Waals surface area contributed by atoms with Crippen LogP contribution in [-0.2, 0) is 9.53 Å². The Morgan fingerprint density at radius 2 is 2.20 bits per heavy atom. The first-order chi connectivity index (χ1) is 9.52. The van der Waals surface area contributed by atoms with E-state index >= 15 is 0 Å². The fourth-order valence-corrected chi connectivity index (χ4v) is 2.21. The number of carbonyl (C=O) groups excluding carboxylic acids is 1. The summed E-state index contributed by atoms with van der Waals surface area (Å²) < 4.78 is 4.68. The number of ether oxygens (including phenoxy) is 1. The Labute approximate surface area is 115 Å². The summed E-state index contributed by atoms with van der Waals surface area (Å²) in [6.45, 7) is 1.03. The van der Waals surface area contributed by atoms with Gasteiger partial charge in [0.1, 0.15) is 6.04 Å². The number of β-amino-alcohol motifs (C(OH)–C–C–N with tert-alkyl or cyclic N) is 1. The molecule has 1 aromatic carbocycles. The maximum absolute atomic E-state index is 11.4. The summed E-state index contributed by atoms with van der Waals surface area (Å²) in [5.74, 6) is -0.299. The molecule has 2 atom stereocenters. The highest BCUT2D eigenvalue weighted by Gasteiger charge is 2.36. The number of benzene rings is 1. The van der Waals surface area contributed by atoms with Crippen LogP contribution in [0.3, 0.4) is 0 Å². The van der Waals surface area contributed by atoms with Gasteiger partial charge in [0.2, 0.25) is 0 Å². The first-order valence-corrected chi connectivity index (χ1v) is 6.27. The Hall–Kier alpha value is -1.99. The summed E-state index contributed by atoms with van der Waals surface area (Å²) in [6.07, 6.45) is -0.0668. The zero-order chi connectivity index (χ0) is 14.7. The zero-order valence-electron chi connectivity index (χ0n) is 11.1. The van der Waals surface area contributed by atoms with E-state index in [2.05, 4.69) is 4.74 Å². The van der Waals surface area contributed by atoms with Crippen LogP contribution in [0.2, 0.25) is 0 Å². The van der Waals surface area contributed by atoms with Crippen molar-refractivity contribution in [2.75, 3.05) is 20.2 Å². The van der Waals surface area contributed by atoms with Crippen LogP contribution in [0, 0.1) is 10.1 Å². The average Bonchev–Trinajstić information content (AvgIpc) is 2.43. The number of nitro groups is 1. The molecule has 1 aliphatic heterocycles. The highest BCUT2D eigenvalue weighted by molar-refractivity contribution is 5.76. The standard InChI is InChI=1S/C13H16N2O5/c1-20-13(17)11-6-7-14(11)8-12(16)9-2-4-10(5-3-9)15(18)19/h2-5,11-12,16H,6-8H2,1H3/t11-,12+/m1/s1. The maximum atomic E-state index is 11.4. The Morgan fingerprint density at radius 3 is 2.65 bits per heavy atom. The van der Waals surface area contributed by atoms with Gasteiger partial charge >= 0.3 is 5.97 Å². The molecule has 20 heavy (non-hydrogen) atoms. The van der Waals surface area contributed by atoms with Crippen LogP contribution >= 0.6 is 0 Å². The van der Waals surface area contributed by atoms with Crippen LogP contribution in [0.1, 0.15) is 18.1 Å². The minimum absolute atomic E-state index is 0.0164. The first kappa shape index (κ1) is 14.4. The van der Waals surface area contributed by atoms with Crippen molar-refractivity contribution in [1.82, 2.24) is 4.90 Å². The SMILES string of the molecule is COC(=O)[C@H]1CCN1C[C@H](O)c1ccc([N+](=O)[O-])cc1. The molecule has 7 nitrogen and oxygen atoms in total. The van der Waals surface area contributed by atoms with Crippen molar-refractivity contribution in [3.8, 4) is 0 Å². The number of esters is 1. The van der Waals surface area contributed by atoms with Gasteiger partial charge in [-0.25, -0.2) is 0 Å². The predicted molar refractivity (Wildman–Crippen MR) is 70.1 cm³/mol.